The average Bonchev–Trinajstić information content (AvgIpc) is 2.51. The zero-order valence-electron chi connectivity index (χ0n) is 7.71. The highest BCUT2D eigenvalue weighted by atomic mass is 35.5. The van der Waals surface area contributed by atoms with E-state index in [0.29, 0.717) is 0 Å². The second kappa shape index (κ2) is 4.42. The molecule has 0 aliphatic carbocycles. The molecule has 1 heterocycles. The lowest BCUT2D eigenvalue weighted by Gasteiger charge is -2.01. The quantitative estimate of drug-likeness (QED) is 0.807. The van der Waals surface area contributed by atoms with Crippen LogP contribution in [0.1, 0.15) is 17.7 Å². The summed E-state index contributed by atoms with van der Waals surface area (Å²) < 4.78 is 38.0. The van der Waals surface area contributed by atoms with Gasteiger partial charge in [0.1, 0.15) is 16.8 Å². The molecule has 0 atom stereocenters. The van der Waals surface area contributed by atoms with E-state index >= 15 is 0 Å². The molecule has 16 heavy (non-hydrogen) atoms. The summed E-state index contributed by atoms with van der Waals surface area (Å²) in [6.07, 6.45) is -4.77. The molecule has 84 valence electrons. The minimum atomic E-state index is -4.73. The van der Waals surface area contributed by atoms with Crippen LogP contribution in [-0.2, 0) is 12.7 Å². The van der Waals surface area contributed by atoms with E-state index in [9.17, 15) is 13.2 Å². The number of rotatable bonds is 2. The molecular weight excluding hydrogens is 245 g/mol. The molecule has 8 heteroatoms. The molecule has 0 unspecified atom stereocenters. The Labute approximate surface area is 93.4 Å². The van der Waals surface area contributed by atoms with Crippen molar-refractivity contribution >= 4 is 11.6 Å². The standard InChI is InChI=1S/C8H4ClF3N4/c9-7-5(4-14)6(8(10,11)12)15-16(7)3-1-2-13/h1,3H2. The van der Waals surface area contributed by atoms with Gasteiger partial charge < -0.3 is 0 Å². The maximum atomic E-state index is 12.4. The molecule has 0 radical (unpaired) electrons. The van der Waals surface area contributed by atoms with Gasteiger partial charge in [0.05, 0.1) is 19.0 Å². The maximum Gasteiger partial charge on any atom is 0.436 e. The number of aryl methyl sites for hydroxylation is 1. The van der Waals surface area contributed by atoms with Gasteiger partial charge in [-0.1, -0.05) is 11.6 Å². The highest BCUT2D eigenvalue weighted by Crippen LogP contribution is 2.33. The van der Waals surface area contributed by atoms with Crippen molar-refractivity contribution in [3.63, 3.8) is 0 Å². The van der Waals surface area contributed by atoms with E-state index < -0.39 is 22.6 Å². The maximum absolute atomic E-state index is 12.4. The van der Waals surface area contributed by atoms with Crippen molar-refractivity contribution in [1.29, 1.82) is 10.5 Å². The molecule has 0 spiro atoms. The Balaban J connectivity index is 3.23. The van der Waals surface area contributed by atoms with Crippen LogP contribution in [-0.4, -0.2) is 9.78 Å². The molecule has 0 aliphatic rings. The van der Waals surface area contributed by atoms with E-state index in [0.717, 1.165) is 4.68 Å². The van der Waals surface area contributed by atoms with Crippen LogP contribution in [0.5, 0.6) is 0 Å². The van der Waals surface area contributed by atoms with Crippen LogP contribution in [0.25, 0.3) is 0 Å². The third kappa shape index (κ3) is 2.26. The van der Waals surface area contributed by atoms with Crippen LogP contribution < -0.4 is 0 Å². The van der Waals surface area contributed by atoms with Gasteiger partial charge >= 0.3 is 6.18 Å². The van der Waals surface area contributed by atoms with Crippen molar-refractivity contribution in [1.82, 2.24) is 9.78 Å². The minimum Gasteiger partial charge on any atom is -0.251 e. The fourth-order valence-corrected chi connectivity index (χ4v) is 1.30. The summed E-state index contributed by atoms with van der Waals surface area (Å²) in [6.45, 7) is -0.0832. The van der Waals surface area contributed by atoms with Gasteiger partial charge in [-0.05, 0) is 0 Å². The number of aromatic nitrogens is 2. The summed E-state index contributed by atoms with van der Waals surface area (Å²) in [6, 6.07) is 3.09. The molecule has 4 nitrogen and oxygen atoms in total. The van der Waals surface area contributed by atoms with E-state index in [-0.39, 0.29) is 13.0 Å². The number of hydrogen-bond acceptors (Lipinski definition) is 3. The Bertz CT molecular complexity index is 477. The number of halogens is 4. The monoisotopic (exact) mass is 248 g/mol. The SMILES string of the molecule is N#CCCn1nc(C(F)(F)F)c(C#N)c1Cl. The largest absolute Gasteiger partial charge is 0.436 e. The van der Waals surface area contributed by atoms with Gasteiger partial charge in [-0.2, -0.15) is 28.8 Å². The molecule has 0 saturated carbocycles. The highest BCUT2D eigenvalue weighted by molar-refractivity contribution is 6.30. The van der Waals surface area contributed by atoms with E-state index in [1.807, 2.05) is 0 Å². The van der Waals surface area contributed by atoms with Crippen molar-refractivity contribution in [3.8, 4) is 12.1 Å². The molecule has 0 aliphatic heterocycles. The summed E-state index contributed by atoms with van der Waals surface area (Å²) in [5.41, 5.74) is -2.04. The summed E-state index contributed by atoms with van der Waals surface area (Å²) >= 11 is 5.54. The predicted molar refractivity (Wildman–Crippen MR) is 47.2 cm³/mol. The molecule has 0 aromatic carbocycles. The van der Waals surface area contributed by atoms with E-state index in [1.165, 1.54) is 6.07 Å². The molecule has 0 N–H and O–H groups in total. The molecule has 0 saturated heterocycles. The predicted octanol–water partition coefficient (Wildman–Crippen LogP) is 2.34. The Morgan fingerprint density at radius 1 is 1.38 bits per heavy atom. The van der Waals surface area contributed by atoms with Crippen molar-refractivity contribution in [2.24, 2.45) is 0 Å². The molecule has 1 rings (SSSR count). The van der Waals surface area contributed by atoms with Gasteiger partial charge in [0.15, 0.2) is 5.69 Å². The lowest BCUT2D eigenvalue weighted by atomic mass is 10.2. The summed E-state index contributed by atoms with van der Waals surface area (Å²) in [7, 11) is 0. The van der Waals surface area contributed by atoms with Crippen LogP contribution in [0, 0.1) is 22.7 Å². The van der Waals surface area contributed by atoms with Gasteiger partial charge in [-0.3, -0.25) is 4.68 Å². The fraction of sp³-hybridized carbons (Fsp3) is 0.375. The lowest BCUT2D eigenvalue weighted by Crippen LogP contribution is -2.09. The molecule has 0 amide bonds. The van der Waals surface area contributed by atoms with Gasteiger partial charge in [-0.15, -0.1) is 0 Å². The highest BCUT2D eigenvalue weighted by Gasteiger charge is 2.39. The Kier molecular flexibility index (Phi) is 3.41. The second-order valence-corrected chi connectivity index (χ2v) is 3.11. The minimum absolute atomic E-state index is 0.0381. The average molecular weight is 249 g/mol. The number of nitriles is 2. The lowest BCUT2D eigenvalue weighted by molar-refractivity contribution is -0.141. The first-order chi connectivity index (χ1) is 7.41. The Morgan fingerprint density at radius 2 is 2.00 bits per heavy atom. The van der Waals surface area contributed by atoms with Crippen molar-refractivity contribution in [3.05, 3.63) is 16.4 Å². The zero-order chi connectivity index (χ0) is 12.3. The molecular formula is C8H4ClF3N4. The number of nitrogens with zero attached hydrogens (tertiary/aromatic N) is 4. The van der Waals surface area contributed by atoms with Crippen LogP contribution >= 0.6 is 11.6 Å². The first-order valence-corrected chi connectivity index (χ1v) is 4.40. The Morgan fingerprint density at radius 3 is 2.38 bits per heavy atom. The Hall–Kier alpha value is -1.73. The van der Waals surface area contributed by atoms with Crippen molar-refractivity contribution in [2.45, 2.75) is 19.1 Å². The van der Waals surface area contributed by atoms with Gasteiger partial charge in [0.25, 0.3) is 0 Å². The van der Waals surface area contributed by atoms with Crippen LogP contribution in [0.4, 0.5) is 13.2 Å². The molecule has 1 aromatic heterocycles. The van der Waals surface area contributed by atoms with Crippen LogP contribution in [0.15, 0.2) is 0 Å². The van der Waals surface area contributed by atoms with Crippen LogP contribution in [0.2, 0.25) is 5.15 Å². The summed E-state index contributed by atoms with van der Waals surface area (Å²) in [5, 5.41) is 19.6. The van der Waals surface area contributed by atoms with Gasteiger partial charge in [0.2, 0.25) is 0 Å². The summed E-state index contributed by atoms with van der Waals surface area (Å²) in [5.74, 6) is 0. The smallest absolute Gasteiger partial charge is 0.251 e. The number of hydrogen-bond donors (Lipinski definition) is 0. The van der Waals surface area contributed by atoms with E-state index in [2.05, 4.69) is 5.10 Å². The van der Waals surface area contributed by atoms with Crippen molar-refractivity contribution in [2.75, 3.05) is 0 Å². The van der Waals surface area contributed by atoms with Crippen LogP contribution in [0.3, 0.4) is 0 Å². The molecule has 1 aromatic rings. The normalized spacial score (nSPS) is 10.9. The van der Waals surface area contributed by atoms with E-state index in [4.69, 9.17) is 22.1 Å². The zero-order valence-corrected chi connectivity index (χ0v) is 8.47. The second-order valence-electron chi connectivity index (χ2n) is 2.76. The van der Waals surface area contributed by atoms with Gasteiger partial charge in [-0.25, -0.2) is 0 Å². The number of alkyl halides is 3. The third-order valence-electron chi connectivity index (χ3n) is 1.71. The van der Waals surface area contributed by atoms with Crippen molar-refractivity contribution < 1.29 is 13.2 Å². The first kappa shape index (κ1) is 12.3. The molecule has 0 bridgehead atoms. The first-order valence-electron chi connectivity index (χ1n) is 4.02. The topological polar surface area (TPSA) is 65.4 Å². The van der Waals surface area contributed by atoms with Gasteiger partial charge in [0, 0.05) is 0 Å². The van der Waals surface area contributed by atoms with E-state index in [1.54, 1.807) is 6.07 Å². The fourth-order valence-electron chi connectivity index (χ4n) is 1.04. The summed E-state index contributed by atoms with van der Waals surface area (Å²) in [4.78, 5) is 0. The molecule has 0 fully saturated rings. The third-order valence-corrected chi connectivity index (χ3v) is 2.09.